The molecular formula is C26H32F2N2O6. The molecule has 0 aromatic heterocycles. The van der Waals surface area contributed by atoms with Gasteiger partial charge in [0.25, 0.3) is 5.92 Å². The molecule has 3 rings (SSSR count). The number of carboxylic acid groups (broad SMARTS) is 1. The Kier molecular flexibility index (Phi) is 8.95. The number of ether oxygens (including phenoxy) is 3. The molecule has 2 amide bonds. The first-order valence-electron chi connectivity index (χ1n) is 11.8. The quantitative estimate of drug-likeness (QED) is 0.437. The number of urea groups is 1. The lowest BCUT2D eigenvalue weighted by atomic mass is 10.1. The van der Waals surface area contributed by atoms with Crippen LogP contribution in [0.15, 0.2) is 36.4 Å². The fourth-order valence-corrected chi connectivity index (χ4v) is 4.15. The Morgan fingerprint density at radius 1 is 1.06 bits per heavy atom. The molecule has 0 atom stereocenters. The van der Waals surface area contributed by atoms with Crippen molar-refractivity contribution in [3.05, 3.63) is 47.5 Å². The summed E-state index contributed by atoms with van der Waals surface area (Å²) >= 11 is 0. The van der Waals surface area contributed by atoms with E-state index in [1.54, 1.807) is 53.1 Å². The Morgan fingerprint density at radius 3 is 2.47 bits per heavy atom. The molecule has 2 aromatic carbocycles. The molecule has 2 aromatic rings. The first-order chi connectivity index (χ1) is 17.2. The topological polar surface area (TPSA) is 88.5 Å². The number of carbonyl (C=O) groups is 2. The molecule has 1 fully saturated rings. The molecular weight excluding hydrogens is 474 g/mol. The number of benzene rings is 2. The maximum atomic E-state index is 14.0. The van der Waals surface area contributed by atoms with Gasteiger partial charge in [0.05, 0.1) is 27.2 Å². The predicted octanol–water partition coefficient (Wildman–Crippen LogP) is 4.98. The van der Waals surface area contributed by atoms with Crippen LogP contribution in [-0.4, -0.2) is 61.8 Å². The zero-order valence-electron chi connectivity index (χ0n) is 20.8. The van der Waals surface area contributed by atoms with Gasteiger partial charge in [-0.25, -0.2) is 13.6 Å². The molecule has 8 nitrogen and oxygen atoms in total. The summed E-state index contributed by atoms with van der Waals surface area (Å²) in [6, 6.07) is 9.72. The number of halogens is 2. The fourth-order valence-electron chi connectivity index (χ4n) is 4.15. The van der Waals surface area contributed by atoms with Crippen LogP contribution in [0, 0.1) is 0 Å². The van der Waals surface area contributed by atoms with Crippen molar-refractivity contribution in [2.24, 2.45) is 0 Å². The van der Waals surface area contributed by atoms with E-state index >= 15 is 0 Å². The molecule has 10 heteroatoms. The van der Waals surface area contributed by atoms with Gasteiger partial charge in [-0.2, -0.15) is 0 Å². The lowest BCUT2D eigenvalue weighted by molar-refractivity contribution is -0.136. The highest BCUT2D eigenvalue weighted by atomic mass is 19.3. The van der Waals surface area contributed by atoms with Crippen molar-refractivity contribution in [2.45, 2.75) is 45.1 Å². The van der Waals surface area contributed by atoms with Crippen LogP contribution in [0.25, 0.3) is 0 Å². The standard InChI is InChI=1S/C26H32F2N2O6/c1-4-10-26(27,28)17-36-23-15-20(8-9-21(23)34-2)30-12-5-11-29(25(30)33)16-19-7-6-18(14-24(31)32)13-22(19)35-3/h6-9,13,15H,4-5,10-12,14,16-17H2,1-3H3,(H,31,32). The number of carbonyl (C=O) groups excluding carboxylic acids is 1. The van der Waals surface area contributed by atoms with Gasteiger partial charge in [0.1, 0.15) is 5.75 Å². The number of hydrogen-bond acceptors (Lipinski definition) is 5. The number of aliphatic carboxylic acids is 1. The van der Waals surface area contributed by atoms with Crippen molar-refractivity contribution in [1.82, 2.24) is 4.90 Å². The zero-order valence-corrected chi connectivity index (χ0v) is 20.8. The molecule has 0 saturated carbocycles. The number of nitrogens with zero attached hydrogens (tertiary/aromatic N) is 2. The van der Waals surface area contributed by atoms with Crippen molar-refractivity contribution in [2.75, 3.05) is 38.8 Å². The highest BCUT2D eigenvalue weighted by molar-refractivity contribution is 5.93. The number of carboxylic acids is 1. The first-order valence-corrected chi connectivity index (χ1v) is 11.8. The number of hydrogen-bond donors (Lipinski definition) is 1. The Labute approximate surface area is 209 Å². The third-order valence-electron chi connectivity index (χ3n) is 5.89. The van der Waals surface area contributed by atoms with E-state index in [2.05, 4.69) is 0 Å². The number of rotatable bonds is 12. The maximum Gasteiger partial charge on any atom is 0.324 e. The van der Waals surface area contributed by atoms with Gasteiger partial charge in [-0.15, -0.1) is 0 Å². The molecule has 0 aliphatic carbocycles. The SMILES string of the molecule is CCCC(F)(F)COc1cc(N2CCCN(Cc3ccc(CC(=O)O)cc3OC)C2=O)ccc1OC. The zero-order chi connectivity index (χ0) is 26.3. The molecule has 0 radical (unpaired) electrons. The van der Waals surface area contributed by atoms with Gasteiger partial charge >= 0.3 is 12.0 Å². The number of amides is 2. The van der Waals surface area contributed by atoms with Gasteiger partial charge in [-0.05, 0) is 30.2 Å². The maximum absolute atomic E-state index is 14.0. The molecule has 1 N–H and O–H groups in total. The minimum atomic E-state index is -2.97. The average Bonchev–Trinajstić information content (AvgIpc) is 2.84. The van der Waals surface area contributed by atoms with E-state index in [1.807, 2.05) is 0 Å². The second kappa shape index (κ2) is 11.9. The monoisotopic (exact) mass is 506 g/mol. The van der Waals surface area contributed by atoms with E-state index in [0.717, 1.165) is 5.56 Å². The van der Waals surface area contributed by atoms with Gasteiger partial charge in [-0.3, -0.25) is 9.69 Å². The molecule has 196 valence electrons. The summed E-state index contributed by atoms with van der Waals surface area (Å²) in [4.78, 5) is 27.6. The van der Waals surface area contributed by atoms with E-state index < -0.39 is 18.5 Å². The third kappa shape index (κ3) is 6.77. The first kappa shape index (κ1) is 27.0. The van der Waals surface area contributed by atoms with Crippen LogP contribution in [0.4, 0.5) is 19.3 Å². The molecule has 0 bridgehead atoms. The predicted molar refractivity (Wildman–Crippen MR) is 130 cm³/mol. The summed E-state index contributed by atoms with van der Waals surface area (Å²) in [6.07, 6.45) is 0.620. The normalized spacial score (nSPS) is 14.1. The van der Waals surface area contributed by atoms with Crippen molar-refractivity contribution >= 4 is 17.7 Å². The van der Waals surface area contributed by atoms with E-state index in [0.29, 0.717) is 48.7 Å². The van der Waals surface area contributed by atoms with Gasteiger partial charge in [0, 0.05) is 36.8 Å². The van der Waals surface area contributed by atoms with Gasteiger partial charge in [0.2, 0.25) is 0 Å². The molecule has 0 spiro atoms. The lowest BCUT2D eigenvalue weighted by Crippen LogP contribution is -2.49. The minimum absolute atomic E-state index is 0.126. The van der Waals surface area contributed by atoms with Crippen LogP contribution in [0.3, 0.4) is 0 Å². The largest absolute Gasteiger partial charge is 0.496 e. The number of methoxy groups -OCH3 is 2. The minimum Gasteiger partial charge on any atom is -0.496 e. The Morgan fingerprint density at radius 2 is 1.81 bits per heavy atom. The summed E-state index contributed by atoms with van der Waals surface area (Å²) in [5, 5.41) is 9.03. The van der Waals surface area contributed by atoms with Crippen LogP contribution in [0.1, 0.15) is 37.3 Å². The molecule has 1 aliphatic rings. The number of alkyl halides is 2. The van der Waals surface area contributed by atoms with Gasteiger partial charge in [0.15, 0.2) is 18.1 Å². The summed E-state index contributed by atoms with van der Waals surface area (Å²) in [7, 11) is 2.92. The summed E-state index contributed by atoms with van der Waals surface area (Å²) in [5.74, 6) is -2.95. The third-order valence-corrected chi connectivity index (χ3v) is 5.89. The highest BCUT2D eigenvalue weighted by Crippen LogP contribution is 2.35. The van der Waals surface area contributed by atoms with Crippen molar-refractivity contribution < 1.29 is 37.7 Å². The van der Waals surface area contributed by atoms with E-state index in [1.165, 1.54) is 14.2 Å². The van der Waals surface area contributed by atoms with Crippen LogP contribution < -0.4 is 19.1 Å². The number of anilines is 1. The second-order valence-corrected chi connectivity index (χ2v) is 8.66. The van der Waals surface area contributed by atoms with Crippen LogP contribution >= 0.6 is 0 Å². The Hall–Kier alpha value is -3.56. The van der Waals surface area contributed by atoms with Crippen molar-refractivity contribution in [1.29, 1.82) is 0 Å². The molecule has 1 heterocycles. The molecule has 0 unspecified atom stereocenters. The summed E-state index contributed by atoms with van der Waals surface area (Å²) in [5.41, 5.74) is 1.87. The van der Waals surface area contributed by atoms with E-state index in [9.17, 15) is 18.4 Å². The lowest BCUT2D eigenvalue weighted by Gasteiger charge is -2.36. The molecule has 1 aliphatic heterocycles. The van der Waals surface area contributed by atoms with Crippen LogP contribution in [0.5, 0.6) is 17.2 Å². The van der Waals surface area contributed by atoms with Gasteiger partial charge in [-0.1, -0.05) is 25.5 Å². The Bertz CT molecular complexity index is 1080. The van der Waals surface area contributed by atoms with Crippen molar-refractivity contribution in [3.8, 4) is 17.2 Å². The molecule has 36 heavy (non-hydrogen) atoms. The Balaban J connectivity index is 1.78. The highest BCUT2D eigenvalue weighted by Gasteiger charge is 2.31. The smallest absolute Gasteiger partial charge is 0.324 e. The van der Waals surface area contributed by atoms with E-state index in [4.69, 9.17) is 19.3 Å². The van der Waals surface area contributed by atoms with Crippen LogP contribution in [0.2, 0.25) is 0 Å². The van der Waals surface area contributed by atoms with Crippen molar-refractivity contribution in [3.63, 3.8) is 0 Å². The summed E-state index contributed by atoms with van der Waals surface area (Å²) < 4.78 is 44.1. The fraction of sp³-hybridized carbons (Fsp3) is 0.462. The molecule has 1 saturated heterocycles. The van der Waals surface area contributed by atoms with Crippen LogP contribution in [-0.2, 0) is 17.8 Å². The van der Waals surface area contributed by atoms with E-state index in [-0.39, 0.29) is 31.2 Å². The second-order valence-electron chi connectivity index (χ2n) is 8.66. The average molecular weight is 507 g/mol. The van der Waals surface area contributed by atoms with Gasteiger partial charge < -0.3 is 24.2 Å². The summed E-state index contributed by atoms with van der Waals surface area (Å²) in [6.45, 7) is 2.16.